The maximum atomic E-state index is 13.0. The smallest absolute Gasteiger partial charge is 0.329 e. The summed E-state index contributed by atoms with van der Waals surface area (Å²) in [5.74, 6) is -1.33. The summed E-state index contributed by atoms with van der Waals surface area (Å²) >= 11 is 11.9. The van der Waals surface area contributed by atoms with E-state index in [0.717, 1.165) is 10.5 Å². The average molecular weight is 484 g/mol. The Morgan fingerprint density at radius 1 is 0.848 bits per heavy atom. The minimum atomic E-state index is -1.11. The van der Waals surface area contributed by atoms with Gasteiger partial charge in [0.05, 0.1) is 16.1 Å². The summed E-state index contributed by atoms with van der Waals surface area (Å²) in [6, 6.07) is 19.3. The minimum absolute atomic E-state index is 0.0350. The highest BCUT2D eigenvalue weighted by atomic mass is 35.5. The Balaban J connectivity index is 1.47. The van der Waals surface area contributed by atoms with E-state index in [4.69, 9.17) is 32.7 Å². The van der Waals surface area contributed by atoms with Crippen molar-refractivity contribution in [2.45, 2.75) is 12.5 Å². The van der Waals surface area contributed by atoms with E-state index in [1.807, 2.05) is 30.3 Å². The Labute approximate surface area is 200 Å². The summed E-state index contributed by atoms with van der Waals surface area (Å²) in [7, 11) is 0. The highest BCUT2D eigenvalue weighted by Gasteiger charge is 2.43. The molecular weight excluding hydrogens is 465 g/mol. The van der Waals surface area contributed by atoms with E-state index >= 15 is 0 Å². The van der Waals surface area contributed by atoms with Crippen LogP contribution in [0.3, 0.4) is 0 Å². The Bertz CT molecular complexity index is 1160. The summed E-state index contributed by atoms with van der Waals surface area (Å²) in [5.41, 5.74) is 1.34. The lowest BCUT2D eigenvalue weighted by Crippen LogP contribution is -2.47. The summed E-state index contributed by atoms with van der Waals surface area (Å²) in [5, 5.41) is 0.810. The molecule has 1 aliphatic heterocycles. The molecule has 4 rings (SSSR count). The fourth-order valence-corrected chi connectivity index (χ4v) is 4.05. The molecule has 3 aromatic rings. The predicted molar refractivity (Wildman–Crippen MR) is 124 cm³/mol. The zero-order valence-corrected chi connectivity index (χ0v) is 18.9. The highest BCUT2D eigenvalue weighted by molar-refractivity contribution is 6.35. The van der Waals surface area contributed by atoms with Crippen LogP contribution in [-0.4, -0.2) is 41.9 Å². The van der Waals surface area contributed by atoms with Crippen LogP contribution >= 0.6 is 23.2 Å². The Morgan fingerprint density at radius 2 is 1.48 bits per heavy atom. The number of imide groups is 1. The molecule has 1 atom stereocenters. The number of esters is 1. The monoisotopic (exact) mass is 483 g/mol. The van der Waals surface area contributed by atoms with Gasteiger partial charge in [-0.3, -0.25) is 14.5 Å². The van der Waals surface area contributed by atoms with Crippen LogP contribution in [0.4, 0.5) is 0 Å². The fraction of sp³-hybridized carbons (Fsp3) is 0.160. The number of carbonyl (C=O) groups excluding carboxylic acids is 3. The number of ether oxygens (including phenoxy) is 2. The van der Waals surface area contributed by atoms with Crippen molar-refractivity contribution >= 4 is 41.0 Å². The standard InChI is InChI=1S/C25H19Cl2NO5/c26-17-10-11-22(20(27)15-17)32-12-13-33-25(31)21(14-16-6-2-1-3-7-16)28-23(29)18-8-4-5-9-19(18)24(28)30/h1-11,15,21H,12-14H2. The molecule has 6 nitrogen and oxygen atoms in total. The molecule has 1 unspecified atom stereocenters. The van der Waals surface area contributed by atoms with E-state index in [-0.39, 0.29) is 30.8 Å². The molecule has 0 aliphatic carbocycles. The van der Waals surface area contributed by atoms with Crippen molar-refractivity contribution in [3.63, 3.8) is 0 Å². The number of fused-ring (bicyclic) bond motifs is 1. The first-order chi connectivity index (χ1) is 16.0. The minimum Gasteiger partial charge on any atom is -0.488 e. The molecular formula is C25H19Cl2NO5. The van der Waals surface area contributed by atoms with E-state index in [2.05, 4.69) is 0 Å². The summed E-state index contributed by atoms with van der Waals surface area (Å²) < 4.78 is 10.9. The van der Waals surface area contributed by atoms with Crippen LogP contribution in [-0.2, 0) is 16.0 Å². The van der Waals surface area contributed by atoms with Crippen LogP contribution in [0.1, 0.15) is 26.3 Å². The van der Waals surface area contributed by atoms with E-state index in [1.54, 1.807) is 42.5 Å². The molecule has 3 aromatic carbocycles. The molecule has 0 saturated heterocycles. The van der Waals surface area contributed by atoms with Crippen molar-refractivity contribution < 1.29 is 23.9 Å². The first kappa shape index (κ1) is 22.8. The van der Waals surface area contributed by atoms with E-state index < -0.39 is 23.8 Å². The maximum absolute atomic E-state index is 13.0. The molecule has 168 valence electrons. The third-order valence-corrected chi connectivity index (χ3v) is 5.69. The van der Waals surface area contributed by atoms with Gasteiger partial charge in [0, 0.05) is 11.4 Å². The SMILES string of the molecule is O=C(OCCOc1ccc(Cl)cc1Cl)C(Cc1ccccc1)N1C(=O)c2ccccc2C1=O. The molecule has 0 fully saturated rings. The molecule has 0 spiro atoms. The van der Waals surface area contributed by atoms with Crippen LogP contribution in [0.15, 0.2) is 72.8 Å². The molecule has 0 bridgehead atoms. The lowest BCUT2D eigenvalue weighted by atomic mass is 10.0. The van der Waals surface area contributed by atoms with Gasteiger partial charge in [-0.25, -0.2) is 4.79 Å². The Morgan fingerprint density at radius 3 is 2.12 bits per heavy atom. The van der Waals surface area contributed by atoms with Gasteiger partial charge >= 0.3 is 5.97 Å². The zero-order valence-electron chi connectivity index (χ0n) is 17.4. The average Bonchev–Trinajstić information content (AvgIpc) is 3.07. The summed E-state index contributed by atoms with van der Waals surface area (Å²) in [6.45, 7) is -0.0560. The van der Waals surface area contributed by atoms with Crippen molar-refractivity contribution in [3.8, 4) is 5.75 Å². The Hall–Kier alpha value is -3.35. The Kier molecular flexibility index (Phi) is 6.96. The largest absolute Gasteiger partial charge is 0.488 e. The molecule has 8 heteroatoms. The lowest BCUT2D eigenvalue weighted by Gasteiger charge is -2.24. The van der Waals surface area contributed by atoms with Crippen LogP contribution in [0.2, 0.25) is 10.0 Å². The lowest BCUT2D eigenvalue weighted by molar-refractivity contribution is -0.149. The topological polar surface area (TPSA) is 72.9 Å². The molecule has 0 radical (unpaired) electrons. The number of rotatable bonds is 8. The predicted octanol–water partition coefficient (Wildman–Crippen LogP) is 4.82. The molecule has 2 amide bonds. The van der Waals surface area contributed by atoms with Crippen molar-refractivity contribution in [2.24, 2.45) is 0 Å². The fourth-order valence-electron chi connectivity index (χ4n) is 3.59. The number of nitrogens with zero attached hydrogens (tertiary/aromatic N) is 1. The van der Waals surface area contributed by atoms with Gasteiger partial charge < -0.3 is 9.47 Å². The molecule has 0 N–H and O–H groups in total. The van der Waals surface area contributed by atoms with E-state index in [0.29, 0.717) is 15.8 Å². The third kappa shape index (κ3) is 5.02. The highest BCUT2D eigenvalue weighted by Crippen LogP contribution is 2.28. The second kappa shape index (κ2) is 10.1. The number of carbonyl (C=O) groups is 3. The molecule has 1 aliphatic rings. The number of halogens is 2. The van der Waals surface area contributed by atoms with E-state index in [1.165, 1.54) is 0 Å². The number of hydrogen-bond donors (Lipinski definition) is 0. The van der Waals surface area contributed by atoms with Crippen LogP contribution in [0, 0.1) is 0 Å². The molecule has 1 heterocycles. The normalized spacial score (nSPS) is 13.6. The zero-order chi connectivity index (χ0) is 23.4. The van der Waals surface area contributed by atoms with Gasteiger partial charge in [-0.15, -0.1) is 0 Å². The van der Waals surface area contributed by atoms with Crippen molar-refractivity contribution in [1.82, 2.24) is 4.90 Å². The molecule has 0 aromatic heterocycles. The van der Waals surface area contributed by atoms with Crippen molar-refractivity contribution in [2.75, 3.05) is 13.2 Å². The van der Waals surface area contributed by atoms with Gasteiger partial charge in [-0.05, 0) is 35.9 Å². The number of hydrogen-bond acceptors (Lipinski definition) is 5. The number of benzene rings is 3. The second-order valence-electron chi connectivity index (χ2n) is 7.32. The third-order valence-electron chi connectivity index (χ3n) is 5.16. The summed E-state index contributed by atoms with van der Waals surface area (Å²) in [6.07, 6.45) is 0.134. The first-order valence-electron chi connectivity index (χ1n) is 10.2. The van der Waals surface area contributed by atoms with Crippen LogP contribution in [0.5, 0.6) is 5.75 Å². The quantitative estimate of drug-likeness (QED) is 0.260. The van der Waals surface area contributed by atoms with Gasteiger partial charge in [0.2, 0.25) is 0 Å². The summed E-state index contributed by atoms with van der Waals surface area (Å²) in [4.78, 5) is 40.0. The van der Waals surface area contributed by atoms with Crippen LogP contribution in [0.25, 0.3) is 0 Å². The first-order valence-corrected chi connectivity index (χ1v) is 11.0. The molecule has 0 saturated carbocycles. The van der Waals surface area contributed by atoms with Crippen LogP contribution < -0.4 is 4.74 Å². The van der Waals surface area contributed by atoms with Gasteiger partial charge in [-0.2, -0.15) is 0 Å². The van der Waals surface area contributed by atoms with E-state index in [9.17, 15) is 14.4 Å². The van der Waals surface area contributed by atoms with Gasteiger partial charge in [0.25, 0.3) is 11.8 Å². The maximum Gasteiger partial charge on any atom is 0.329 e. The van der Waals surface area contributed by atoms with Crippen molar-refractivity contribution in [3.05, 3.63) is 99.5 Å². The van der Waals surface area contributed by atoms with Gasteiger partial charge in [-0.1, -0.05) is 65.7 Å². The number of amides is 2. The van der Waals surface area contributed by atoms with Crippen molar-refractivity contribution in [1.29, 1.82) is 0 Å². The molecule has 33 heavy (non-hydrogen) atoms. The second-order valence-corrected chi connectivity index (χ2v) is 8.17. The van der Waals surface area contributed by atoms with Gasteiger partial charge in [0.15, 0.2) is 0 Å². The van der Waals surface area contributed by atoms with Gasteiger partial charge in [0.1, 0.15) is 25.0 Å².